The molecule has 1 aromatic heterocycles. The number of ether oxygens (including phenoxy) is 3. The maximum atomic E-state index is 12.7. The molecule has 0 radical (unpaired) electrons. The summed E-state index contributed by atoms with van der Waals surface area (Å²) in [6.45, 7) is 1.80. The Balaban J connectivity index is 2.05. The summed E-state index contributed by atoms with van der Waals surface area (Å²) in [5.74, 6) is -1.46. The zero-order chi connectivity index (χ0) is 25.0. The van der Waals surface area contributed by atoms with E-state index in [2.05, 4.69) is 4.98 Å². The largest absolute Gasteiger partial charge is 0.463 e. The van der Waals surface area contributed by atoms with Crippen LogP contribution < -0.4 is 11.2 Å². The minimum Gasteiger partial charge on any atom is -0.463 e. The van der Waals surface area contributed by atoms with Crippen molar-refractivity contribution in [2.24, 2.45) is 0 Å². The normalized spacial score (nSPS) is 22.3. The zero-order valence-electron chi connectivity index (χ0n) is 18.6. The van der Waals surface area contributed by atoms with Gasteiger partial charge in [-0.05, 0) is 5.56 Å². The van der Waals surface area contributed by atoms with Crippen molar-refractivity contribution in [3.8, 4) is 0 Å². The van der Waals surface area contributed by atoms with Crippen LogP contribution in [0.25, 0.3) is 0 Å². The molecule has 0 bridgehead atoms. The summed E-state index contributed by atoms with van der Waals surface area (Å²) in [4.78, 5) is 50.4. The number of nitrogens with one attached hydrogen (secondary N) is 1. The van der Waals surface area contributed by atoms with Crippen molar-refractivity contribution in [1.82, 2.24) is 9.55 Å². The van der Waals surface area contributed by atoms with Crippen molar-refractivity contribution in [3.05, 3.63) is 68.5 Å². The van der Waals surface area contributed by atoms with E-state index < -0.39 is 64.5 Å². The van der Waals surface area contributed by atoms with E-state index >= 15 is 0 Å². The molecular weight excluding hydrogens is 472 g/mol. The summed E-state index contributed by atoms with van der Waals surface area (Å²) < 4.78 is 45.8. The minimum atomic E-state index is -4.08. The summed E-state index contributed by atoms with van der Waals surface area (Å²) in [6.07, 6.45) is -3.21. The maximum Gasteiger partial charge on any atom is 0.330 e. The average molecular weight is 496 g/mol. The Hall–Kier alpha value is -3.29. The molecule has 1 aliphatic rings. The number of aromatic nitrogens is 2. The lowest BCUT2D eigenvalue weighted by Gasteiger charge is -2.23. The number of benzene rings is 1. The third kappa shape index (κ3) is 6.40. The van der Waals surface area contributed by atoms with Crippen LogP contribution in [0.5, 0.6) is 0 Å². The Morgan fingerprint density at radius 1 is 1.09 bits per heavy atom. The molecule has 2 aromatic rings. The fourth-order valence-corrected chi connectivity index (χ4v) is 4.20. The van der Waals surface area contributed by atoms with E-state index in [0.29, 0.717) is 0 Å². The number of esters is 2. The van der Waals surface area contributed by atoms with Gasteiger partial charge in [0.25, 0.3) is 15.7 Å². The molecule has 184 valence electrons. The Kier molecular flexibility index (Phi) is 7.69. The van der Waals surface area contributed by atoms with E-state index in [-0.39, 0.29) is 12.0 Å². The van der Waals surface area contributed by atoms with Gasteiger partial charge in [-0.2, -0.15) is 8.42 Å². The molecule has 0 spiro atoms. The molecule has 1 aromatic carbocycles. The Bertz CT molecular complexity index is 1270. The highest BCUT2D eigenvalue weighted by Gasteiger charge is 2.51. The van der Waals surface area contributed by atoms with Gasteiger partial charge < -0.3 is 14.2 Å². The Labute approximate surface area is 194 Å². The van der Waals surface area contributed by atoms with Crippen molar-refractivity contribution in [2.75, 3.05) is 12.9 Å². The molecule has 1 fully saturated rings. The molecule has 0 saturated carbocycles. The van der Waals surface area contributed by atoms with E-state index in [4.69, 9.17) is 18.4 Å². The highest BCUT2D eigenvalue weighted by molar-refractivity contribution is 7.86. The summed E-state index contributed by atoms with van der Waals surface area (Å²) in [5.41, 5.74) is -0.490. The van der Waals surface area contributed by atoms with Crippen LogP contribution in [0, 0.1) is 0 Å². The summed E-state index contributed by atoms with van der Waals surface area (Å²) in [5, 5.41) is 0. The lowest BCUT2D eigenvalue weighted by Crippen LogP contribution is -2.43. The van der Waals surface area contributed by atoms with Crippen LogP contribution in [-0.2, 0) is 44.5 Å². The fourth-order valence-electron chi connectivity index (χ4n) is 3.56. The molecule has 0 aliphatic carbocycles. The van der Waals surface area contributed by atoms with Gasteiger partial charge in [-0.25, -0.2) is 4.79 Å². The summed E-state index contributed by atoms with van der Waals surface area (Å²) in [6, 6.07) is 9.00. The van der Waals surface area contributed by atoms with Gasteiger partial charge in [-0.15, -0.1) is 0 Å². The summed E-state index contributed by atoms with van der Waals surface area (Å²) in [7, 11) is -4.08. The van der Waals surface area contributed by atoms with Crippen molar-refractivity contribution < 1.29 is 36.4 Å². The first-order valence-corrected chi connectivity index (χ1v) is 12.0. The van der Waals surface area contributed by atoms with Gasteiger partial charge in [0.1, 0.15) is 18.8 Å². The maximum absolute atomic E-state index is 12.7. The number of rotatable bonds is 8. The topological polar surface area (TPSA) is 160 Å². The molecule has 0 unspecified atom stereocenters. The number of carbonyl (C=O) groups is 2. The van der Waals surface area contributed by atoms with Crippen LogP contribution in [0.1, 0.15) is 31.2 Å². The van der Waals surface area contributed by atoms with Crippen molar-refractivity contribution in [3.63, 3.8) is 0 Å². The van der Waals surface area contributed by atoms with E-state index in [1.54, 1.807) is 24.3 Å². The predicted octanol–water partition coefficient (Wildman–Crippen LogP) is -0.136. The number of nitrogens with zero attached hydrogens (tertiary/aromatic N) is 1. The van der Waals surface area contributed by atoms with Gasteiger partial charge in [0.05, 0.1) is 6.26 Å². The molecule has 13 heteroatoms. The highest BCUT2D eigenvalue weighted by atomic mass is 32.2. The van der Waals surface area contributed by atoms with Gasteiger partial charge in [0.15, 0.2) is 12.3 Å². The molecule has 3 rings (SSSR count). The predicted molar refractivity (Wildman–Crippen MR) is 116 cm³/mol. The van der Waals surface area contributed by atoms with E-state index in [1.165, 1.54) is 6.20 Å². The number of carbonyl (C=O) groups excluding carboxylic acids is 2. The van der Waals surface area contributed by atoms with Gasteiger partial charge in [-0.1, -0.05) is 30.3 Å². The van der Waals surface area contributed by atoms with Crippen LogP contribution in [0.15, 0.2) is 46.1 Å². The van der Waals surface area contributed by atoms with Crippen molar-refractivity contribution >= 4 is 22.1 Å². The standard InChI is InChI=1S/C21H24N2O10S/c1-12(24)30-11-16-17(33-34(3,28)29)18(31-13(2)25)20(32-16)23-10-15(19(26)22-21(23)27)9-14-7-5-4-6-8-14/h4-8,10,16-18,20H,9,11H2,1-3H3,(H,22,26,27)/t16-,17+,18-,20-/m1/s1. The molecule has 0 amide bonds. The van der Waals surface area contributed by atoms with Crippen molar-refractivity contribution in [2.45, 2.75) is 44.8 Å². The Morgan fingerprint density at radius 2 is 1.76 bits per heavy atom. The molecule has 1 aliphatic heterocycles. The SMILES string of the molecule is CC(=O)OC[C@H]1O[C@@H](n2cc(Cc3ccccc3)c(=O)[nH]c2=O)[C@H](OC(C)=O)[C@H]1OS(C)(=O)=O. The molecule has 1 N–H and O–H groups in total. The van der Waals surface area contributed by atoms with Crippen molar-refractivity contribution in [1.29, 1.82) is 0 Å². The first-order chi connectivity index (χ1) is 15.9. The van der Waals surface area contributed by atoms with Crippen LogP contribution in [0.2, 0.25) is 0 Å². The third-order valence-corrected chi connectivity index (χ3v) is 5.45. The number of H-pyrrole nitrogens is 1. The molecule has 4 atom stereocenters. The van der Waals surface area contributed by atoms with Crippen LogP contribution in [0.4, 0.5) is 0 Å². The quantitative estimate of drug-likeness (QED) is 0.385. The van der Waals surface area contributed by atoms with Crippen LogP contribution in [0.3, 0.4) is 0 Å². The van der Waals surface area contributed by atoms with Gasteiger partial charge >= 0.3 is 17.6 Å². The third-order valence-electron chi connectivity index (χ3n) is 4.88. The minimum absolute atomic E-state index is 0.182. The lowest BCUT2D eigenvalue weighted by atomic mass is 10.1. The van der Waals surface area contributed by atoms with Crippen LogP contribution >= 0.6 is 0 Å². The summed E-state index contributed by atoms with van der Waals surface area (Å²) >= 11 is 0. The second-order valence-corrected chi connectivity index (χ2v) is 9.29. The molecule has 12 nitrogen and oxygen atoms in total. The lowest BCUT2D eigenvalue weighted by molar-refractivity contribution is -0.155. The highest BCUT2D eigenvalue weighted by Crippen LogP contribution is 2.34. The molecular formula is C21H24N2O10S. The first kappa shape index (κ1) is 25.3. The van der Waals surface area contributed by atoms with E-state index in [0.717, 1.165) is 30.2 Å². The zero-order valence-corrected chi connectivity index (χ0v) is 19.4. The van der Waals surface area contributed by atoms with E-state index in [9.17, 15) is 27.6 Å². The Morgan fingerprint density at radius 3 is 2.35 bits per heavy atom. The monoisotopic (exact) mass is 496 g/mol. The average Bonchev–Trinajstić information content (AvgIpc) is 3.04. The fraction of sp³-hybridized carbons (Fsp3) is 0.429. The second kappa shape index (κ2) is 10.3. The molecule has 2 heterocycles. The van der Waals surface area contributed by atoms with Gasteiger partial charge in [0, 0.05) is 32.0 Å². The number of hydrogen-bond acceptors (Lipinski definition) is 10. The van der Waals surface area contributed by atoms with Crippen LogP contribution in [-0.4, -0.2) is 61.1 Å². The molecule has 1 saturated heterocycles. The molecule has 34 heavy (non-hydrogen) atoms. The number of aromatic amines is 1. The number of hydrogen-bond donors (Lipinski definition) is 1. The first-order valence-electron chi connectivity index (χ1n) is 10.2. The van der Waals surface area contributed by atoms with Gasteiger partial charge in [-0.3, -0.25) is 28.1 Å². The smallest absolute Gasteiger partial charge is 0.330 e. The van der Waals surface area contributed by atoms with E-state index in [1.807, 2.05) is 6.07 Å². The van der Waals surface area contributed by atoms with Gasteiger partial charge in [0.2, 0.25) is 0 Å². The second-order valence-electron chi connectivity index (χ2n) is 7.69.